The molecule has 1 aromatic rings. The Labute approximate surface area is 92.0 Å². The fourth-order valence-corrected chi connectivity index (χ4v) is 1.46. The molecule has 76 valence electrons. The van der Waals surface area contributed by atoms with Gasteiger partial charge in [0.25, 0.3) is 0 Å². The van der Waals surface area contributed by atoms with Gasteiger partial charge in [-0.2, -0.15) is 0 Å². The molecule has 0 N–H and O–H groups in total. The summed E-state index contributed by atoms with van der Waals surface area (Å²) in [6, 6.07) is 3.25. The van der Waals surface area contributed by atoms with Crippen molar-refractivity contribution in [3.05, 3.63) is 28.0 Å². The first-order valence-corrected chi connectivity index (χ1v) is 4.79. The summed E-state index contributed by atoms with van der Waals surface area (Å²) in [5.74, 6) is -0.307. The van der Waals surface area contributed by atoms with Gasteiger partial charge in [-0.3, -0.25) is 4.79 Å². The fourth-order valence-electron chi connectivity index (χ4n) is 0.944. The van der Waals surface area contributed by atoms with Crippen molar-refractivity contribution in [3.63, 3.8) is 0 Å². The van der Waals surface area contributed by atoms with Crippen molar-refractivity contribution in [1.82, 2.24) is 4.98 Å². The van der Waals surface area contributed by atoms with Gasteiger partial charge in [-0.1, -0.05) is 23.2 Å². The highest BCUT2D eigenvalue weighted by molar-refractivity contribution is 6.33. The van der Waals surface area contributed by atoms with Crippen LogP contribution in [0.2, 0.25) is 10.2 Å². The highest BCUT2D eigenvalue weighted by Crippen LogP contribution is 2.15. The Kier molecular flexibility index (Phi) is 4.17. The van der Waals surface area contributed by atoms with Gasteiger partial charge in [-0.05, 0) is 12.1 Å². The minimum absolute atomic E-state index is 0.291. The first-order chi connectivity index (χ1) is 6.58. The second-order valence-electron chi connectivity index (χ2n) is 2.69. The Hall–Kier alpha value is -0.800. The second kappa shape index (κ2) is 5.17. The second-order valence-corrected chi connectivity index (χ2v) is 3.51. The summed E-state index contributed by atoms with van der Waals surface area (Å²) in [4.78, 5) is 14.5. The Morgan fingerprint density at radius 3 is 2.79 bits per heavy atom. The van der Waals surface area contributed by atoms with E-state index in [1.54, 1.807) is 12.1 Å². The number of carbonyl (C=O) groups is 1. The van der Waals surface area contributed by atoms with Crippen molar-refractivity contribution in [2.24, 2.45) is 0 Å². The van der Waals surface area contributed by atoms with E-state index in [1.165, 1.54) is 6.92 Å². The van der Waals surface area contributed by atoms with Gasteiger partial charge in [0.2, 0.25) is 0 Å². The Balaban J connectivity index is 2.54. The molecule has 0 aliphatic heterocycles. The van der Waals surface area contributed by atoms with Crippen LogP contribution in [-0.4, -0.2) is 17.6 Å². The van der Waals surface area contributed by atoms with Crippen LogP contribution in [0.25, 0.3) is 0 Å². The van der Waals surface area contributed by atoms with Crippen molar-refractivity contribution in [3.8, 4) is 0 Å². The molecule has 0 spiro atoms. The van der Waals surface area contributed by atoms with E-state index >= 15 is 0 Å². The zero-order valence-corrected chi connectivity index (χ0v) is 9.10. The van der Waals surface area contributed by atoms with Gasteiger partial charge >= 0.3 is 5.97 Å². The molecular formula is C9H9Cl2NO2. The summed E-state index contributed by atoms with van der Waals surface area (Å²) in [5.41, 5.74) is 0.712. The maximum Gasteiger partial charge on any atom is 0.302 e. The number of nitrogens with zero attached hydrogens (tertiary/aromatic N) is 1. The van der Waals surface area contributed by atoms with Crippen LogP contribution in [0.3, 0.4) is 0 Å². The smallest absolute Gasteiger partial charge is 0.302 e. The molecule has 0 saturated heterocycles. The molecular weight excluding hydrogens is 225 g/mol. The molecule has 0 fully saturated rings. The summed E-state index contributed by atoms with van der Waals surface area (Å²) in [7, 11) is 0. The van der Waals surface area contributed by atoms with Crippen LogP contribution in [0.5, 0.6) is 0 Å². The van der Waals surface area contributed by atoms with Crippen LogP contribution in [0.15, 0.2) is 12.1 Å². The Morgan fingerprint density at radius 2 is 2.21 bits per heavy atom. The van der Waals surface area contributed by atoms with Crippen LogP contribution < -0.4 is 0 Å². The molecule has 0 aliphatic rings. The molecule has 0 aliphatic carbocycles. The molecule has 14 heavy (non-hydrogen) atoms. The largest absolute Gasteiger partial charge is 0.465 e. The highest BCUT2D eigenvalue weighted by atomic mass is 35.5. The third kappa shape index (κ3) is 3.94. The number of ether oxygens (including phenoxy) is 1. The number of hydrogen-bond acceptors (Lipinski definition) is 3. The summed E-state index contributed by atoms with van der Waals surface area (Å²) in [6.45, 7) is 1.65. The van der Waals surface area contributed by atoms with Crippen LogP contribution in [-0.2, 0) is 16.0 Å². The van der Waals surface area contributed by atoms with E-state index < -0.39 is 0 Å². The lowest BCUT2D eigenvalue weighted by molar-refractivity contribution is -0.140. The maximum absolute atomic E-state index is 10.5. The maximum atomic E-state index is 10.5. The van der Waals surface area contributed by atoms with Gasteiger partial charge < -0.3 is 4.74 Å². The van der Waals surface area contributed by atoms with Gasteiger partial charge in [-0.25, -0.2) is 4.98 Å². The number of hydrogen-bond donors (Lipinski definition) is 0. The summed E-state index contributed by atoms with van der Waals surface area (Å²) >= 11 is 11.4. The SMILES string of the molecule is CC(=O)OCCc1cc(Cl)cc(Cl)n1. The predicted molar refractivity (Wildman–Crippen MR) is 54.6 cm³/mol. The standard InChI is InChI=1S/C9H9Cl2NO2/c1-6(13)14-3-2-8-4-7(10)5-9(11)12-8/h4-5H,2-3H2,1H3. The fraction of sp³-hybridized carbons (Fsp3) is 0.333. The molecule has 1 heterocycles. The van der Waals surface area contributed by atoms with Crippen LogP contribution in [0, 0.1) is 0 Å². The number of esters is 1. The van der Waals surface area contributed by atoms with Crippen molar-refractivity contribution < 1.29 is 9.53 Å². The molecule has 0 aromatic carbocycles. The summed E-state index contributed by atoms with van der Waals surface area (Å²) in [5, 5.41) is 0.873. The first-order valence-electron chi connectivity index (χ1n) is 4.03. The van der Waals surface area contributed by atoms with E-state index in [9.17, 15) is 4.79 Å². The monoisotopic (exact) mass is 233 g/mol. The zero-order valence-electron chi connectivity index (χ0n) is 7.59. The topological polar surface area (TPSA) is 39.2 Å². The van der Waals surface area contributed by atoms with E-state index in [1.807, 2.05) is 0 Å². The zero-order chi connectivity index (χ0) is 10.6. The lowest BCUT2D eigenvalue weighted by Crippen LogP contribution is -2.04. The third-order valence-electron chi connectivity index (χ3n) is 1.48. The lowest BCUT2D eigenvalue weighted by atomic mass is 10.3. The normalized spacial score (nSPS) is 9.93. The summed E-state index contributed by atoms with van der Waals surface area (Å²) < 4.78 is 4.76. The number of halogens is 2. The third-order valence-corrected chi connectivity index (χ3v) is 1.89. The van der Waals surface area contributed by atoms with Crippen LogP contribution in [0.1, 0.15) is 12.6 Å². The van der Waals surface area contributed by atoms with Crippen LogP contribution >= 0.6 is 23.2 Å². The van der Waals surface area contributed by atoms with Gasteiger partial charge in [0.05, 0.1) is 6.61 Å². The molecule has 0 atom stereocenters. The average Bonchev–Trinajstić information content (AvgIpc) is 2.01. The minimum atomic E-state index is -0.307. The molecule has 1 aromatic heterocycles. The van der Waals surface area contributed by atoms with E-state index in [-0.39, 0.29) is 5.97 Å². The molecule has 1 rings (SSSR count). The minimum Gasteiger partial charge on any atom is -0.465 e. The highest BCUT2D eigenvalue weighted by Gasteiger charge is 2.01. The van der Waals surface area contributed by atoms with Crippen molar-refractivity contribution in [1.29, 1.82) is 0 Å². The van der Waals surface area contributed by atoms with E-state index in [0.717, 1.165) is 0 Å². The van der Waals surface area contributed by atoms with Gasteiger partial charge in [0.1, 0.15) is 5.15 Å². The lowest BCUT2D eigenvalue weighted by Gasteiger charge is -2.02. The van der Waals surface area contributed by atoms with Gasteiger partial charge in [-0.15, -0.1) is 0 Å². The number of pyridine rings is 1. The van der Waals surface area contributed by atoms with Crippen LogP contribution in [0.4, 0.5) is 0 Å². The van der Waals surface area contributed by atoms with E-state index in [4.69, 9.17) is 27.9 Å². The molecule has 5 heteroatoms. The molecule has 0 amide bonds. The molecule has 0 bridgehead atoms. The quantitative estimate of drug-likeness (QED) is 0.595. The Morgan fingerprint density at radius 1 is 1.50 bits per heavy atom. The Bertz CT molecular complexity index is 321. The van der Waals surface area contributed by atoms with E-state index in [0.29, 0.717) is 28.9 Å². The summed E-state index contributed by atoms with van der Waals surface area (Å²) in [6.07, 6.45) is 0.514. The molecule has 0 radical (unpaired) electrons. The molecule has 0 unspecified atom stereocenters. The molecule has 3 nitrogen and oxygen atoms in total. The van der Waals surface area contributed by atoms with Crippen molar-refractivity contribution in [2.45, 2.75) is 13.3 Å². The first kappa shape index (κ1) is 11.3. The molecule has 0 saturated carbocycles. The number of rotatable bonds is 3. The van der Waals surface area contributed by atoms with Gasteiger partial charge in [0.15, 0.2) is 0 Å². The number of aromatic nitrogens is 1. The average molecular weight is 234 g/mol. The van der Waals surface area contributed by atoms with Crippen molar-refractivity contribution in [2.75, 3.05) is 6.61 Å². The van der Waals surface area contributed by atoms with Gasteiger partial charge in [0, 0.05) is 24.1 Å². The van der Waals surface area contributed by atoms with Crippen molar-refractivity contribution >= 4 is 29.2 Å². The number of carbonyl (C=O) groups excluding carboxylic acids is 1. The van der Waals surface area contributed by atoms with E-state index in [2.05, 4.69) is 4.98 Å². The predicted octanol–water partition coefficient (Wildman–Crippen LogP) is 2.49.